The first kappa shape index (κ1) is 10.5. The topological polar surface area (TPSA) is 29.1 Å². The molecule has 1 N–H and O–H groups in total. The minimum Gasteiger partial charge on any atom is -0.356 e. The fraction of sp³-hybridized carbons (Fsp3) is 0.778. The van der Waals surface area contributed by atoms with Gasteiger partial charge in [-0.15, -0.1) is 0 Å². The van der Waals surface area contributed by atoms with Gasteiger partial charge in [-0.25, -0.2) is 0 Å². The van der Waals surface area contributed by atoms with Gasteiger partial charge in [0.05, 0.1) is 0 Å². The minimum atomic E-state index is 0.0351. The van der Waals surface area contributed by atoms with E-state index in [-0.39, 0.29) is 5.91 Å². The first-order chi connectivity index (χ1) is 5.20. The molecule has 11 heavy (non-hydrogen) atoms. The molecule has 0 aliphatic rings. The quantitative estimate of drug-likeness (QED) is 0.645. The third-order valence-corrected chi connectivity index (χ3v) is 1.67. The zero-order valence-electron chi connectivity index (χ0n) is 7.68. The molecule has 0 bridgehead atoms. The Bertz CT molecular complexity index is 112. The summed E-state index contributed by atoms with van der Waals surface area (Å²) in [6.45, 7) is 6.86. The Kier molecular flexibility index (Phi) is 5.90. The highest BCUT2D eigenvalue weighted by Gasteiger charge is 2.01. The Morgan fingerprint density at radius 2 is 2.27 bits per heavy atom. The van der Waals surface area contributed by atoms with Crippen molar-refractivity contribution in [3.8, 4) is 0 Å². The lowest BCUT2D eigenvalue weighted by Gasteiger charge is -2.09. The summed E-state index contributed by atoms with van der Waals surface area (Å²) in [7, 11) is 0. The van der Waals surface area contributed by atoms with E-state index in [4.69, 9.17) is 0 Å². The van der Waals surface area contributed by atoms with Crippen LogP contribution in [0.5, 0.6) is 0 Å². The van der Waals surface area contributed by atoms with E-state index in [0.717, 1.165) is 6.54 Å². The summed E-state index contributed by atoms with van der Waals surface area (Å²) < 4.78 is 0. The molecule has 0 spiro atoms. The van der Waals surface area contributed by atoms with Crippen LogP contribution in [0.2, 0.25) is 0 Å². The third kappa shape index (κ3) is 5.89. The van der Waals surface area contributed by atoms with Crippen LogP contribution < -0.4 is 5.32 Å². The van der Waals surface area contributed by atoms with Gasteiger partial charge in [0.2, 0.25) is 5.91 Å². The van der Waals surface area contributed by atoms with Crippen LogP contribution in [0.15, 0.2) is 0 Å². The van der Waals surface area contributed by atoms with E-state index < -0.39 is 0 Å². The van der Waals surface area contributed by atoms with Crippen molar-refractivity contribution < 1.29 is 4.79 Å². The fourth-order valence-electron chi connectivity index (χ4n) is 0.972. The molecule has 0 aromatic heterocycles. The van der Waals surface area contributed by atoms with E-state index in [1.54, 1.807) is 13.3 Å². The molecule has 0 aromatic rings. The maximum absolute atomic E-state index is 10.8. The molecule has 0 aromatic carbocycles. The number of hydrogen-bond donors (Lipinski definition) is 1. The second kappa shape index (κ2) is 6.20. The van der Waals surface area contributed by atoms with Gasteiger partial charge in [-0.1, -0.05) is 27.2 Å². The second-order valence-electron chi connectivity index (χ2n) is 2.93. The highest BCUT2D eigenvalue weighted by atomic mass is 16.1. The molecule has 0 aliphatic heterocycles. The molecule has 0 saturated carbocycles. The molecule has 0 rings (SSSR count). The first-order valence-corrected chi connectivity index (χ1v) is 4.27. The van der Waals surface area contributed by atoms with Crippen LogP contribution in [0.1, 0.15) is 33.6 Å². The van der Waals surface area contributed by atoms with Crippen LogP contribution in [0, 0.1) is 12.3 Å². The molecule has 2 nitrogen and oxygen atoms in total. The largest absolute Gasteiger partial charge is 0.356 e. The number of amides is 1. The van der Waals surface area contributed by atoms with Crippen LogP contribution in [0.25, 0.3) is 0 Å². The molecule has 65 valence electrons. The Labute approximate surface area is 69.4 Å². The average Bonchev–Trinajstić information content (AvgIpc) is 2.01. The van der Waals surface area contributed by atoms with Gasteiger partial charge in [-0.3, -0.25) is 4.79 Å². The lowest BCUT2D eigenvalue weighted by Crippen LogP contribution is -2.27. The lowest BCUT2D eigenvalue weighted by molar-refractivity contribution is -0.117. The van der Waals surface area contributed by atoms with Gasteiger partial charge in [0.25, 0.3) is 0 Å². The van der Waals surface area contributed by atoms with E-state index >= 15 is 0 Å². The minimum absolute atomic E-state index is 0.0351. The van der Waals surface area contributed by atoms with Gasteiger partial charge < -0.3 is 5.32 Å². The van der Waals surface area contributed by atoms with Crippen molar-refractivity contribution in [3.63, 3.8) is 0 Å². The standard InChI is InChI=1S/C9H18NO/c1-4-6-8(3)7-10-9(11)5-2/h5,8H,4,6-7H2,1-3H3,(H,10,11). The van der Waals surface area contributed by atoms with E-state index in [1.165, 1.54) is 12.8 Å². The van der Waals surface area contributed by atoms with E-state index in [2.05, 4.69) is 19.2 Å². The van der Waals surface area contributed by atoms with Crippen LogP contribution >= 0.6 is 0 Å². The van der Waals surface area contributed by atoms with Gasteiger partial charge in [-0.05, 0) is 12.3 Å². The molecule has 1 atom stereocenters. The normalized spacial score (nSPS) is 12.6. The van der Waals surface area contributed by atoms with Gasteiger partial charge >= 0.3 is 0 Å². The average molecular weight is 156 g/mol. The summed E-state index contributed by atoms with van der Waals surface area (Å²) in [5.41, 5.74) is 0. The van der Waals surface area contributed by atoms with Crippen molar-refractivity contribution in [1.29, 1.82) is 0 Å². The second-order valence-corrected chi connectivity index (χ2v) is 2.93. The molecule has 1 radical (unpaired) electrons. The fourth-order valence-corrected chi connectivity index (χ4v) is 0.972. The number of nitrogens with one attached hydrogen (secondary N) is 1. The third-order valence-electron chi connectivity index (χ3n) is 1.67. The van der Waals surface area contributed by atoms with Crippen LogP contribution in [-0.2, 0) is 4.79 Å². The SMILES string of the molecule is C[CH]C(=O)NCC(C)CCC. The van der Waals surface area contributed by atoms with Crippen molar-refractivity contribution in [3.05, 3.63) is 6.42 Å². The molecule has 0 aliphatic carbocycles. The summed E-state index contributed by atoms with van der Waals surface area (Å²) in [4.78, 5) is 10.8. The molecular formula is C9H18NO. The van der Waals surface area contributed by atoms with Gasteiger partial charge in [0.15, 0.2) is 0 Å². The van der Waals surface area contributed by atoms with Crippen molar-refractivity contribution in [2.24, 2.45) is 5.92 Å². The molecular weight excluding hydrogens is 138 g/mol. The molecule has 0 heterocycles. The maximum Gasteiger partial charge on any atom is 0.223 e. The maximum atomic E-state index is 10.8. The molecule has 2 heteroatoms. The number of carbonyl (C=O) groups excluding carboxylic acids is 1. The first-order valence-electron chi connectivity index (χ1n) is 4.27. The Morgan fingerprint density at radius 3 is 2.73 bits per heavy atom. The number of rotatable bonds is 5. The monoisotopic (exact) mass is 156 g/mol. The lowest BCUT2D eigenvalue weighted by atomic mass is 10.1. The smallest absolute Gasteiger partial charge is 0.223 e. The van der Waals surface area contributed by atoms with E-state index in [0.29, 0.717) is 5.92 Å². The summed E-state index contributed by atoms with van der Waals surface area (Å²) in [5.74, 6) is 0.636. The van der Waals surface area contributed by atoms with Crippen molar-refractivity contribution in [2.75, 3.05) is 6.54 Å². The molecule has 0 fully saturated rings. The number of carbonyl (C=O) groups is 1. The van der Waals surface area contributed by atoms with E-state index in [1.807, 2.05) is 0 Å². The van der Waals surface area contributed by atoms with Crippen molar-refractivity contribution >= 4 is 5.91 Å². The Hall–Kier alpha value is -0.530. The van der Waals surface area contributed by atoms with Crippen molar-refractivity contribution in [2.45, 2.75) is 33.6 Å². The van der Waals surface area contributed by atoms with Gasteiger partial charge in [-0.2, -0.15) is 0 Å². The molecule has 0 saturated heterocycles. The summed E-state index contributed by atoms with van der Waals surface area (Å²) in [6, 6.07) is 0. The Balaban J connectivity index is 3.29. The summed E-state index contributed by atoms with van der Waals surface area (Å²) in [6.07, 6.45) is 3.93. The van der Waals surface area contributed by atoms with E-state index in [9.17, 15) is 4.79 Å². The predicted octanol–water partition coefficient (Wildman–Crippen LogP) is 1.76. The highest BCUT2D eigenvalue weighted by molar-refractivity contribution is 5.83. The van der Waals surface area contributed by atoms with Crippen LogP contribution in [0.4, 0.5) is 0 Å². The zero-order valence-corrected chi connectivity index (χ0v) is 7.68. The number of hydrogen-bond acceptors (Lipinski definition) is 1. The molecule has 1 amide bonds. The molecule has 1 unspecified atom stereocenters. The highest BCUT2D eigenvalue weighted by Crippen LogP contribution is 2.02. The van der Waals surface area contributed by atoms with Crippen LogP contribution in [0.3, 0.4) is 0 Å². The van der Waals surface area contributed by atoms with Gasteiger partial charge in [0.1, 0.15) is 0 Å². The van der Waals surface area contributed by atoms with Crippen molar-refractivity contribution in [1.82, 2.24) is 5.32 Å². The predicted molar refractivity (Wildman–Crippen MR) is 47.1 cm³/mol. The Morgan fingerprint density at radius 1 is 1.64 bits per heavy atom. The summed E-state index contributed by atoms with van der Waals surface area (Å²) >= 11 is 0. The zero-order chi connectivity index (χ0) is 8.69. The van der Waals surface area contributed by atoms with Gasteiger partial charge in [0, 0.05) is 13.0 Å². The summed E-state index contributed by atoms with van der Waals surface area (Å²) in [5, 5.41) is 2.82. The van der Waals surface area contributed by atoms with Crippen LogP contribution in [-0.4, -0.2) is 12.5 Å².